The normalized spacial score (nSPS) is 14.4. The summed E-state index contributed by atoms with van der Waals surface area (Å²) in [5.74, 6) is 2.73. The molecule has 0 atom stereocenters. The molecule has 0 saturated carbocycles. The Bertz CT molecular complexity index is 336. The lowest BCUT2D eigenvalue weighted by Gasteiger charge is -2.25. The molecule has 1 fully saturated rings. The Morgan fingerprint density at radius 2 is 1.88 bits per heavy atom. The molecule has 5 heteroatoms. The van der Waals surface area contributed by atoms with Crippen molar-refractivity contribution in [3.63, 3.8) is 0 Å². The zero-order valence-corrected chi connectivity index (χ0v) is 10.2. The summed E-state index contributed by atoms with van der Waals surface area (Å²) in [5.41, 5.74) is 0.0975. The molecule has 0 amide bonds. The molecule has 1 aliphatic rings. The number of nitro groups is 1. The molecule has 0 unspecified atom stereocenters. The van der Waals surface area contributed by atoms with E-state index in [1.54, 1.807) is 12.1 Å². The van der Waals surface area contributed by atoms with Gasteiger partial charge in [0.15, 0.2) is 0 Å². The van der Waals surface area contributed by atoms with Gasteiger partial charge in [0, 0.05) is 23.6 Å². The molecule has 88 valence electrons. The quantitative estimate of drug-likeness (QED) is 0.602. The van der Waals surface area contributed by atoms with Gasteiger partial charge < -0.3 is 4.74 Å². The van der Waals surface area contributed by atoms with Crippen molar-refractivity contribution in [3.05, 3.63) is 34.4 Å². The van der Waals surface area contributed by atoms with Gasteiger partial charge in [-0.05, 0) is 12.1 Å². The van der Waals surface area contributed by atoms with Gasteiger partial charge in [0.1, 0.15) is 11.9 Å². The molecule has 1 saturated heterocycles. The number of nitrogens with zero attached hydrogens (tertiary/aromatic N) is 1. The van der Waals surface area contributed by atoms with Crippen LogP contribution in [0.2, 0.25) is 0 Å². The van der Waals surface area contributed by atoms with Gasteiger partial charge in [0.2, 0.25) is 0 Å². The third-order valence-electron chi connectivity index (χ3n) is 1.96. The predicted molar refractivity (Wildman–Crippen MR) is 66.2 cm³/mol. The average Bonchev–Trinajstić information content (AvgIpc) is 2.27. The van der Waals surface area contributed by atoms with Crippen molar-refractivity contribution in [1.29, 1.82) is 0 Å². The van der Waals surface area contributed by atoms with E-state index >= 15 is 0 Å². The lowest BCUT2D eigenvalue weighted by atomic mass is 10.3. The van der Waals surface area contributed by atoms with Gasteiger partial charge >= 0.3 is 0 Å². The number of benzene rings is 1. The van der Waals surface area contributed by atoms with Crippen molar-refractivity contribution in [3.8, 4) is 5.75 Å². The summed E-state index contributed by atoms with van der Waals surface area (Å²) in [6.07, 6.45) is 0.279. The summed E-state index contributed by atoms with van der Waals surface area (Å²) in [4.78, 5) is 9.95. The van der Waals surface area contributed by atoms with Crippen molar-refractivity contribution in [2.45, 2.75) is 20.0 Å². The van der Waals surface area contributed by atoms with Crippen LogP contribution in [0, 0.1) is 10.1 Å². The second-order valence-corrected chi connectivity index (χ2v) is 4.10. The van der Waals surface area contributed by atoms with Crippen LogP contribution in [-0.4, -0.2) is 22.5 Å². The first-order chi connectivity index (χ1) is 7.75. The third-order valence-corrected chi connectivity index (χ3v) is 3.17. The second-order valence-electron chi connectivity index (χ2n) is 3.03. The largest absolute Gasteiger partial charge is 0.489 e. The number of hydrogen-bond acceptors (Lipinski definition) is 4. The molecule has 0 aliphatic carbocycles. The average molecular weight is 241 g/mol. The van der Waals surface area contributed by atoms with Crippen molar-refractivity contribution >= 4 is 17.4 Å². The Balaban J connectivity index is 0.000000606. The first-order valence-corrected chi connectivity index (χ1v) is 6.40. The van der Waals surface area contributed by atoms with Crippen molar-refractivity contribution in [1.82, 2.24) is 0 Å². The lowest BCUT2D eigenvalue weighted by molar-refractivity contribution is -0.384. The van der Waals surface area contributed by atoms with Crippen LogP contribution in [0.15, 0.2) is 24.3 Å². The first-order valence-electron chi connectivity index (χ1n) is 5.24. The summed E-state index contributed by atoms with van der Waals surface area (Å²) in [5, 5.41) is 10.4. The summed E-state index contributed by atoms with van der Waals surface area (Å²) in [6.45, 7) is 4.00. The predicted octanol–water partition coefficient (Wildman–Crippen LogP) is 3.12. The number of hydrogen-bond donors (Lipinski definition) is 0. The van der Waals surface area contributed by atoms with Crippen LogP contribution >= 0.6 is 11.8 Å². The smallest absolute Gasteiger partial charge is 0.269 e. The molecule has 4 nitrogen and oxygen atoms in total. The van der Waals surface area contributed by atoms with Crippen molar-refractivity contribution < 1.29 is 9.66 Å². The maximum absolute atomic E-state index is 10.4. The standard InChI is InChI=1S/C9H9NO3S.C2H6/c11-10(12)7-1-3-8(4-2-7)13-9-5-14-6-9;1-2/h1-4,9H,5-6H2;1-2H3. The highest BCUT2D eigenvalue weighted by Crippen LogP contribution is 2.25. The fourth-order valence-corrected chi connectivity index (χ4v) is 1.69. The van der Waals surface area contributed by atoms with E-state index in [2.05, 4.69) is 0 Å². The first kappa shape index (κ1) is 12.8. The Labute approximate surface area is 99.1 Å². The Hall–Kier alpha value is -1.23. The fourth-order valence-electron chi connectivity index (χ4n) is 1.12. The number of non-ortho nitro benzene ring substituents is 1. The molecule has 1 heterocycles. The topological polar surface area (TPSA) is 52.4 Å². The zero-order valence-electron chi connectivity index (χ0n) is 9.38. The minimum atomic E-state index is -0.414. The number of rotatable bonds is 3. The fraction of sp³-hybridized carbons (Fsp3) is 0.455. The van der Waals surface area contributed by atoms with Crippen LogP contribution in [0.5, 0.6) is 5.75 Å². The van der Waals surface area contributed by atoms with E-state index in [4.69, 9.17) is 4.74 Å². The molecule has 1 aromatic carbocycles. The van der Waals surface area contributed by atoms with Crippen LogP contribution < -0.4 is 4.74 Å². The highest BCUT2D eigenvalue weighted by atomic mass is 32.2. The lowest BCUT2D eigenvalue weighted by Crippen LogP contribution is -2.30. The molecular weight excluding hydrogens is 226 g/mol. The molecule has 1 aliphatic heterocycles. The van der Waals surface area contributed by atoms with E-state index < -0.39 is 4.92 Å². The van der Waals surface area contributed by atoms with E-state index in [9.17, 15) is 10.1 Å². The highest BCUT2D eigenvalue weighted by molar-refractivity contribution is 8.00. The molecular formula is C11H15NO3S. The van der Waals surface area contributed by atoms with Gasteiger partial charge in [-0.2, -0.15) is 11.8 Å². The minimum absolute atomic E-state index is 0.0975. The highest BCUT2D eigenvalue weighted by Gasteiger charge is 2.19. The van der Waals surface area contributed by atoms with Crippen LogP contribution in [0.25, 0.3) is 0 Å². The van der Waals surface area contributed by atoms with E-state index in [1.165, 1.54) is 12.1 Å². The maximum atomic E-state index is 10.4. The molecule has 0 radical (unpaired) electrons. The van der Waals surface area contributed by atoms with Gasteiger partial charge in [-0.1, -0.05) is 13.8 Å². The summed E-state index contributed by atoms with van der Waals surface area (Å²) in [7, 11) is 0. The third kappa shape index (κ3) is 3.41. The molecule has 0 bridgehead atoms. The Morgan fingerprint density at radius 1 is 1.31 bits per heavy atom. The number of ether oxygens (including phenoxy) is 1. The van der Waals surface area contributed by atoms with Crippen LogP contribution in [0.3, 0.4) is 0 Å². The number of thioether (sulfide) groups is 1. The van der Waals surface area contributed by atoms with Crippen molar-refractivity contribution in [2.24, 2.45) is 0 Å². The minimum Gasteiger partial charge on any atom is -0.489 e. The SMILES string of the molecule is CC.O=[N+]([O-])c1ccc(OC2CSC2)cc1. The van der Waals surface area contributed by atoms with E-state index in [0.717, 1.165) is 11.5 Å². The maximum Gasteiger partial charge on any atom is 0.269 e. The van der Waals surface area contributed by atoms with Gasteiger partial charge in [-0.15, -0.1) is 0 Å². The molecule has 0 N–H and O–H groups in total. The molecule has 0 spiro atoms. The van der Waals surface area contributed by atoms with Crippen LogP contribution in [0.1, 0.15) is 13.8 Å². The zero-order chi connectivity index (χ0) is 12.0. The molecule has 1 aromatic rings. The second kappa shape index (κ2) is 6.37. The monoisotopic (exact) mass is 241 g/mol. The Kier molecular flexibility index (Phi) is 5.11. The summed E-state index contributed by atoms with van der Waals surface area (Å²) < 4.78 is 5.54. The molecule has 16 heavy (non-hydrogen) atoms. The van der Waals surface area contributed by atoms with Gasteiger partial charge in [0.05, 0.1) is 4.92 Å². The van der Waals surface area contributed by atoms with Crippen molar-refractivity contribution in [2.75, 3.05) is 11.5 Å². The van der Waals surface area contributed by atoms with Gasteiger partial charge in [-0.3, -0.25) is 10.1 Å². The summed E-state index contributed by atoms with van der Waals surface area (Å²) in [6, 6.07) is 6.20. The van der Waals surface area contributed by atoms with E-state index in [1.807, 2.05) is 25.6 Å². The van der Waals surface area contributed by atoms with E-state index in [0.29, 0.717) is 5.75 Å². The Morgan fingerprint density at radius 3 is 2.25 bits per heavy atom. The summed E-state index contributed by atoms with van der Waals surface area (Å²) >= 11 is 1.84. The van der Waals surface area contributed by atoms with Gasteiger partial charge in [0.25, 0.3) is 5.69 Å². The number of nitro benzene ring substituents is 1. The van der Waals surface area contributed by atoms with Crippen LogP contribution in [0.4, 0.5) is 5.69 Å². The molecule has 0 aromatic heterocycles. The van der Waals surface area contributed by atoms with Crippen LogP contribution in [-0.2, 0) is 0 Å². The van der Waals surface area contributed by atoms with Gasteiger partial charge in [-0.25, -0.2) is 0 Å². The van der Waals surface area contributed by atoms with E-state index in [-0.39, 0.29) is 11.8 Å². The molecule has 2 rings (SSSR count).